The van der Waals surface area contributed by atoms with E-state index in [0.717, 1.165) is 36.3 Å². The quantitative estimate of drug-likeness (QED) is 0.906. The molecule has 2 amide bonds. The molecule has 3 rings (SSSR count). The van der Waals surface area contributed by atoms with Crippen LogP contribution in [0.4, 0.5) is 11.4 Å². The van der Waals surface area contributed by atoms with E-state index in [-0.39, 0.29) is 17.7 Å². The lowest BCUT2D eigenvalue weighted by atomic mass is 9.95. The molecule has 0 bridgehead atoms. The normalized spacial score (nSPS) is 15.4. The summed E-state index contributed by atoms with van der Waals surface area (Å²) in [6.45, 7) is 2.79. The van der Waals surface area contributed by atoms with Crippen LogP contribution in [0.2, 0.25) is 0 Å². The second-order valence-corrected chi connectivity index (χ2v) is 6.06. The average molecular weight is 322 g/mol. The number of rotatable bonds is 5. The molecule has 1 aliphatic rings. The number of anilines is 2. The van der Waals surface area contributed by atoms with Gasteiger partial charge in [0.15, 0.2) is 0 Å². The lowest BCUT2D eigenvalue weighted by Gasteiger charge is -2.18. The van der Waals surface area contributed by atoms with Crippen LogP contribution in [0.5, 0.6) is 0 Å². The first-order valence-corrected chi connectivity index (χ1v) is 8.45. The molecule has 0 aromatic heterocycles. The monoisotopic (exact) mass is 322 g/mol. The Balaban J connectivity index is 1.69. The summed E-state index contributed by atoms with van der Waals surface area (Å²) in [5, 5.41) is 2.98. The van der Waals surface area contributed by atoms with Crippen LogP contribution in [0.25, 0.3) is 0 Å². The number of benzene rings is 2. The Kier molecular flexibility index (Phi) is 4.94. The summed E-state index contributed by atoms with van der Waals surface area (Å²) in [5.74, 6) is 0.00152. The van der Waals surface area contributed by atoms with Gasteiger partial charge in [0.1, 0.15) is 0 Å². The van der Waals surface area contributed by atoms with E-state index in [1.54, 1.807) is 4.90 Å². The first kappa shape index (κ1) is 16.2. The van der Waals surface area contributed by atoms with Crippen molar-refractivity contribution in [3.8, 4) is 0 Å². The lowest BCUT2D eigenvalue weighted by Crippen LogP contribution is -2.23. The van der Waals surface area contributed by atoms with Gasteiger partial charge in [0, 0.05) is 24.3 Å². The maximum Gasteiger partial charge on any atom is 0.231 e. The number of amides is 2. The summed E-state index contributed by atoms with van der Waals surface area (Å²) in [5.41, 5.74) is 2.67. The van der Waals surface area contributed by atoms with Crippen molar-refractivity contribution in [2.45, 2.75) is 32.1 Å². The molecule has 4 heteroatoms. The van der Waals surface area contributed by atoms with Crippen LogP contribution in [-0.4, -0.2) is 18.4 Å². The molecule has 1 unspecified atom stereocenters. The SMILES string of the molecule is CCC(C(=O)Nc1ccc(N2CCCC2=O)cc1)c1ccccc1. The van der Waals surface area contributed by atoms with Crippen LogP contribution in [0, 0.1) is 0 Å². The minimum Gasteiger partial charge on any atom is -0.326 e. The van der Waals surface area contributed by atoms with Gasteiger partial charge in [-0.3, -0.25) is 9.59 Å². The van der Waals surface area contributed by atoms with Gasteiger partial charge in [0.05, 0.1) is 5.92 Å². The Morgan fingerprint density at radius 2 is 1.83 bits per heavy atom. The molecule has 0 saturated carbocycles. The lowest BCUT2D eigenvalue weighted by molar-refractivity contribution is -0.118. The summed E-state index contributed by atoms with van der Waals surface area (Å²) in [7, 11) is 0. The third-order valence-corrected chi connectivity index (χ3v) is 4.45. The van der Waals surface area contributed by atoms with E-state index in [4.69, 9.17) is 0 Å². The largest absolute Gasteiger partial charge is 0.326 e. The van der Waals surface area contributed by atoms with E-state index in [1.165, 1.54) is 0 Å². The van der Waals surface area contributed by atoms with Gasteiger partial charge in [0.2, 0.25) is 11.8 Å². The van der Waals surface area contributed by atoms with Crippen molar-refractivity contribution < 1.29 is 9.59 Å². The Hall–Kier alpha value is -2.62. The van der Waals surface area contributed by atoms with Gasteiger partial charge in [-0.05, 0) is 42.7 Å². The predicted molar refractivity (Wildman–Crippen MR) is 96.1 cm³/mol. The molecule has 124 valence electrons. The van der Waals surface area contributed by atoms with Gasteiger partial charge in [-0.15, -0.1) is 0 Å². The first-order chi connectivity index (χ1) is 11.7. The van der Waals surface area contributed by atoms with E-state index < -0.39 is 0 Å². The van der Waals surface area contributed by atoms with E-state index in [1.807, 2.05) is 61.5 Å². The Labute approximate surface area is 142 Å². The fraction of sp³-hybridized carbons (Fsp3) is 0.300. The highest BCUT2D eigenvalue weighted by Crippen LogP contribution is 2.25. The molecule has 1 heterocycles. The van der Waals surface area contributed by atoms with Crippen molar-refractivity contribution in [3.63, 3.8) is 0 Å². The second kappa shape index (κ2) is 7.30. The van der Waals surface area contributed by atoms with Crippen LogP contribution in [0.15, 0.2) is 54.6 Å². The fourth-order valence-electron chi connectivity index (χ4n) is 3.13. The standard InChI is InChI=1S/C20H22N2O2/c1-2-18(15-7-4-3-5-8-15)20(24)21-16-10-12-17(13-11-16)22-14-6-9-19(22)23/h3-5,7-8,10-13,18H,2,6,9,14H2,1H3,(H,21,24). The van der Waals surface area contributed by atoms with Gasteiger partial charge >= 0.3 is 0 Å². The summed E-state index contributed by atoms with van der Waals surface area (Å²) in [6.07, 6.45) is 2.27. The zero-order valence-corrected chi connectivity index (χ0v) is 13.9. The summed E-state index contributed by atoms with van der Waals surface area (Å²) in [4.78, 5) is 26.1. The number of hydrogen-bond donors (Lipinski definition) is 1. The van der Waals surface area contributed by atoms with Crippen molar-refractivity contribution in [2.24, 2.45) is 0 Å². The molecule has 1 atom stereocenters. The fourth-order valence-corrected chi connectivity index (χ4v) is 3.13. The third-order valence-electron chi connectivity index (χ3n) is 4.45. The van der Waals surface area contributed by atoms with Crippen LogP contribution in [0.3, 0.4) is 0 Å². The molecule has 1 fully saturated rings. The Morgan fingerprint density at radius 1 is 1.12 bits per heavy atom. The average Bonchev–Trinajstić information content (AvgIpc) is 3.03. The van der Waals surface area contributed by atoms with Crippen molar-refractivity contribution in [1.82, 2.24) is 0 Å². The van der Waals surface area contributed by atoms with E-state index >= 15 is 0 Å². The molecule has 2 aromatic rings. The van der Waals surface area contributed by atoms with Crippen LogP contribution in [0.1, 0.15) is 37.7 Å². The molecular weight excluding hydrogens is 300 g/mol. The molecule has 0 radical (unpaired) electrons. The number of hydrogen-bond acceptors (Lipinski definition) is 2. The highest BCUT2D eigenvalue weighted by atomic mass is 16.2. The number of carbonyl (C=O) groups is 2. The zero-order valence-electron chi connectivity index (χ0n) is 13.9. The van der Waals surface area contributed by atoms with Gasteiger partial charge < -0.3 is 10.2 Å². The van der Waals surface area contributed by atoms with Crippen LogP contribution < -0.4 is 10.2 Å². The second-order valence-electron chi connectivity index (χ2n) is 6.06. The third kappa shape index (κ3) is 3.48. The van der Waals surface area contributed by atoms with Crippen molar-refractivity contribution in [2.75, 3.05) is 16.8 Å². The van der Waals surface area contributed by atoms with Gasteiger partial charge in [0.25, 0.3) is 0 Å². The van der Waals surface area contributed by atoms with Gasteiger partial charge in [-0.25, -0.2) is 0 Å². The summed E-state index contributed by atoms with van der Waals surface area (Å²) < 4.78 is 0. The summed E-state index contributed by atoms with van der Waals surface area (Å²) in [6, 6.07) is 17.3. The van der Waals surface area contributed by atoms with Crippen molar-refractivity contribution in [1.29, 1.82) is 0 Å². The van der Waals surface area contributed by atoms with E-state index in [9.17, 15) is 9.59 Å². The Bertz CT molecular complexity index is 710. The molecule has 4 nitrogen and oxygen atoms in total. The van der Waals surface area contributed by atoms with Crippen molar-refractivity contribution in [3.05, 3.63) is 60.2 Å². The maximum atomic E-state index is 12.6. The van der Waals surface area contributed by atoms with E-state index in [2.05, 4.69) is 5.32 Å². The highest BCUT2D eigenvalue weighted by Gasteiger charge is 2.22. The minimum atomic E-state index is -0.161. The van der Waals surface area contributed by atoms with E-state index in [0.29, 0.717) is 6.42 Å². The smallest absolute Gasteiger partial charge is 0.231 e. The van der Waals surface area contributed by atoms with Crippen LogP contribution >= 0.6 is 0 Å². The predicted octanol–water partition coefficient (Wildman–Crippen LogP) is 3.95. The molecule has 1 saturated heterocycles. The minimum absolute atomic E-state index is 0.00583. The van der Waals surface area contributed by atoms with Crippen molar-refractivity contribution >= 4 is 23.2 Å². The molecule has 1 N–H and O–H groups in total. The summed E-state index contributed by atoms with van der Waals surface area (Å²) >= 11 is 0. The topological polar surface area (TPSA) is 49.4 Å². The van der Waals surface area contributed by atoms with Crippen LogP contribution in [-0.2, 0) is 9.59 Å². The van der Waals surface area contributed by atoms with Gasteiger partial charge in [-0.2, -0.15) is 0 Å². The number of nitrogens with one attached hydrogen (secondary N) is 1. The molecular formula is C20H22N2O2. The molecule has 1 aliphatic heterocycles. The Morgan fingerprint density at radius 3 is 2.42 bits per heavy atom. The molecule has 2 aromatic carbocycles. The number of nitrogens with zero attached hydrogens (tertiary/aromatic N) is 1. The molecule has 0 aliphatic carbocycles. The molecule has 0 spiro atoms. The first-order valence-electron chi connectivity index (χ1n) is 8.45. The highest BCUT2D eigenvalue weighted by molar-refractivity contribution is 5.97. The molecule has 24 heavy (non-hydrogen) atoms. The van der Waals surface area contributed by atoms with Gasteiger partial charge in [-0.1, -0.05) is 37.3 Å². The number of carbonyl (C=O) groups excluding carboxylic acids is 2. The zero-order chi connectivity index (χ0) is 16.9. The maximum absolute atomic E-state index is 12.6.